The van der Waals surface area contributed by atoms with Gasteiger partial charge in [0.2, 0.25) is 16.0 Å². The first-order valence-electron chi connectivity index (χ1n) is 9.13. The van der Waals surface area contributed by atoms with Crippen LogP contribution in [-0.4, -0.2) is 62.0 Å². The van der Waals surface area contributed by atoms with E-state index in [2.05, 4.69) is 19.8 Å². The van der Waals surface area contributed by atoms with Crippen molar-refractivity contribution < 1.29 is 8.42 Å². The van der Waals surface area contributed by atoms with E-state index in [9.17, 15) is 8.42 Å². The molecule has 0 unspecified atom stereocenters. The predicted octanol–water partition coefficient (Wildman–Crippen LogP) is 2.24. The van der Waals surface area contributed by atoms with Crippen LogP contribution in [-0.2, 0) is 10.0 Å². The number of anilines is 2. The third-order valence-corrected chi connectivity index (χ3v) is 7.43. The fourth-order valence-electron chi connectivity index (χ4n) is 3.54. The number of rotatable bonds is 4. The number of piperazine rings is 1. The van der Waals surface area contributed by atoms with E-state index in [1.165, 1.54) is 17.1 Å². The van der Waals surface area contributed by atoms with Crippen LogP contribution in [0.25, 0.3) is 0 Å². The number of hydrogen-bond acceptors (Lipinski definition) is 6. The maximum Gasteiger partial charge on any atom is 0.244 e. The molecule has 0 N–H and O–H groups in total. The molecule has 1 aromatic carbocycles. The molecule has 7 nitrogen and oxygen atoms in total. The van der Waals surface area contributed by atoms with Gasteiger partial charge in [0, 0.05) is 45.5 Å². The zero-order chi connectivity index (χ0) is 18.9. The van der Waals surface area contributed by atoms with Gasteiger partial charge in [0.1, 0.15) is 10.7 Å². The summed E-state index contributed by atoms with van der Waals surface area (Å²) in [5.41, 5.74) is 0. The SMILES string of the molecule is O=S(=O)(c1ccccc1Cl)N1CCN(c2ccnc(N3CCCC3)n2)CC1. The summed E-state index contributed by atoms with van der Waals surface area (Å²) < 4.78 is 27.2. The number of nitrogens with zero attached hydrogens (tertiary/aromatic N) is 5. The molecule has 2 aliphatic heterocycles. The molecule has 0 radical (unpaired) electrons. The highest BCUT2D eigenvalue weighted by molar-refractivity contribution is 7.89. The van der Waals surface area contributed by atoms with E-state index in [1.807, 2.05) is 6.07 Å². The van der Waals surface area contributed by atoms with Crippen LogP contribution in [0.2, 0.25) is 5.02 Å². The molecule has 4 rings (SSSR count). The van der Waals surface area contributed by atoms with Crippen LogP contribution in [0.1, 0.15) is 12.8 Å². The number of halogens is 1. The van der Waals surface area contributed by atoms with E-state index in [-0.39, 0.29) is 9.92 Å². The van der Waals surface area contributed by atoms with Crippen LogP contribution in [0.3, 0.4) is 0 Å². The molecule has 1 aromatic heterocycles. The zero-order valence-electron chi connectivity index (χ0n) is 15.0. The highest BCUT2D eigenvalue weighted by atomic mass is 35.5. The smallest absolute Gasteiger partial charge is 0.244 e. The molecular formula is C18H22ClN5O2S. The van der Waals surface area contributed by atoms with Crippen molar-refractivity contribution in [3.05, 3.63) is 41.6 Å². The molecule has 0 aliphatic carbocycles. The third kappa shape index (κ3) is 3.74. The van der Waals surface area contributed by atoms with Crippen molar-refractivity contribution >= 4 is 33.4 Å². The van der Waals surface area contributed by atoms with Crippen LogP contribution in [0.4, 0.5) is 11.8 Å². The van der Waals surface area contributed by atoms with Gasteiger partial charge in [-0.1, -0.05) is 23.7 Å². The van der Waals surface area contributed by atoms with E-state index >= 15 is 0 Å². The quantitative estimate of drug-likeness (QED) is 0.774. The molecule has 0 amide bonds. The summed E-state index contributed by atoms with van der Waals surface area (Å²) in [5, 5.41) is 0.256. The van der Waals surface area contributed by atoms with Crippen LogP contribution >= 0.6 is 11.6 Å². The molecule has 144 valence electrons. The molecule has 2 saturated heterocycles. The Kier molecular flexibility index (Phi) is 5.21. The van der Waals surface area contributed by atoms with Gasteiger partial charge in [-0.05, 0) is 31.0 Å². The van der Waals surface area contributed by atoms with Gasteiger partial charge < -0.3 is 9.80 Å². The van der Waals surface area contributed by atoms with E-state index in [4.69, 9.17) is 11.6 Å². The lowest BCUT2D eigenvalue weighted by molar-refractivity contribution is 0.384. The van der Waals surface area contributed by atoms with E-state index in [0.717, 1.165) is 24.9 Å². The second-order valence-corrected chi connectivity index (χ2v) is 9.04. The Hall–Kier alpha value is -1.90. The second kappa shape index (κ2) is 7.61. The fourth-order valence-corrected chi connectivity index (χ4v) is 5.45. The Bertz CT molecular complexity index is 909. The lowest BCUT2D eigenvalue weighted by Crippen LogP contribution is -2.49. The molecule has 0 saturated carbocycles. The Morgan fingerprint density at radius 2 is 1.59 bits per heavy atom. The first kappa shape index (κ1) is 18.5. The third-order valence-electron chi connectivity index (χ3n) is 5.03. The van der Waals surface area contributed by atoms with Gasteiger partial charge in [0.15, 0.2) is 0 Å². The lowest BCUT2D eigenvalue weighted by Gasteiger charge is -2.35. The highest BCUT2D eigenvalue weighted by Gasteiger charge is 2.30. The van der Waals surface area contributed by atoms with E-state index in [1.54, 1.807) is 30.5 Å². The van der Waals surface area contributed by atoms with Gasteiger partial charge in [-0.15, -0.1) is 0 Å². The second-order valence-electron chi connectivity index (χ2n) is 6.73. The van der Waals surface area contributed by atoms with E-state index < -0.39 is 10.0 Å². The summed E-state index contributed by atoms with van der Waals surface area (Å²) in [4.78, 5) is 13.5. The van der Waals surface area contributed by atoms with Crippen molar-refractivity contribution in [3.63, 3.8) is 0 Å². The normalized spacial score (nSPS) is 18.9. The average Bonchev–Trinajstić information content (AvgIpc) is 3.23. The van der Waals surface area contributed by atoms with Crippen molar-refractivity contribution in [2.45, 2.75) is 17.7 Å². The molecule has 0 atom stereocenters. The van der Waals surface area contributed by atoms with Crippen molar-refractivity contribution in [1.29, 1.82) is 0 Å². The van der Waals surface area contributed by atoms with Crippen LogP contribution in [0, 0.1) is 0 Å². The van der Waals surface area contributed by atoms with Crippen molar-refractivity contribution in [2.75, 3.05) is 49.1 Å². The van der Waals surface area contributed by atoms with Gasteiger partial charge in [-0.2, -0.15) is 9.29 Å². The molecule has 2 aliphatic rings. The molecule has 9 heteroatoms. The Morgan fingerprint density at radius 1 is 0.889 bits per heavy atom. The molecule has 2 aromatic rings. The summed E-state index contributed by atoms with van der Waals surface area (Å²) in [7, 11) is -3.59. The maximum atomic E-state index is 12.9. The Morgan fingerprint density at radius 3 is 2.30 bits per heavy atom. The van der Waals surface area contributed by atoms with Crippen molar-refractivity contribution in [2.24, 2.45) is 0 Å². The topological polar surface area (TPSA) is 69.6 Å². The molecule has 27 heavy (non-hydrogen) atoms. The van der Waals surface area contributed by atoms with Gasteiger partial charge in [-0.3, -0.25) is 0 Å². The molecule has 2 fully saturated rings. The molecule has 0 bridgehead atoms. The monoisotopic (exact) mass is 407 g/mol. The highest BCUT2D eigenvalue weighted by Crippen LogP contribution is 2.26. The summed E-state index contributed by atoms with van der Waals surface area (Å²) in [6.45, 7) is 3.95. The predicted molar refractivity (Wildman–Crippen MR) is 106 cm³/mol. The summed E-state index contributed by atoms with van der Waals surface area (Å²) in [6.07, 6.45) is 4.13. The maximum absolute atomic E-state index is 12.9. The number of sulfonamides is 1. The summed E-state index contributed by atoms with van der Waals surface area (Å²) in [6, 6.07) is 8.46. The lowest BCUT2D eigenvalue weighted by atomic mass is 10.3. The molecule has 3 heterocycles. The standard InChI is InChI=1S/C18H22ClN5O2S/c19-15-5-1-2-6-16(15)27(25,26)24-13-11-22(12-14-24)17-7-8-20-18(21-17)23-9-3-4-10-23/h1-2,5-8H,3-4,9-14H2. The number of hydrogen-bond donors (Lipinski definition) is 0. The van der Waals surface area contributed by atoms with Gasteiger partial charge in [0.05, 0.1) is 5.02 Å². The minimum Gasteiger partial charge on any atom is -0.354 e. The molecular weight excluding hydrogens is 386 g/mol. The number of benzene rings is 1. The van der Waals surface area contributed by atoms with Crippen molar-refractivity contribution in [3.8, 4) is 0 Å². The molecule has 0 spiro atoms. The van der Waals surface area contributed by atoms with Crippen LogP contribution in [0.5, 0.6) is 0 Å². The van der Waals surface area contributed by atoms with Gasteiger partial charge in [0.25, 0.3) is 0 Å². The Balaban J connectivity index is 1.46. The van der Waals surface area contributed by atoms with Crippen LogP contribution < -0.4 is 9.80 Å². The zero-order valence-corrected chi connectivity index (χ0v) is 16.5. The van der Waals surface area contributed by atoms with Crippen molar-refractivity contribution in [1.82, 2.24) is 14.3 Å². The first-order valence-corrected chi connectivity index (χ1v) is 10.9. The van der Waals surface area contributed by atoms with E-state index in [0.29, 0.717) is 26.2 Å². The minimum atomic E-state index is -3.59. The fraction of sp³-hybridized carbons (Fsp3) is 0.444. The summed E-state index contributed by atoms with van der Waals surface area (Å²) >= 11 is 6.09. The number of aromatic nitrogens is 2. The largest absolute Gasteiger partial charge is 0.354 e. The van der Waals surface area contributed by atoms with Crippen LogP contribution in [0.15, 0.2) is 41.4 Å². The first-order chi connectivity index (χ1) is 13.1. The summed E-state index contributed by atoms with van der Waals surface area (Å²) in [5.74, 6) is 1.61. The van der Waals surface area contributed by atoms with Gasteiger partial charge in [-0.25, -0.2) is 13.4 Å². The van der Waals surface area contributed by atoms with Gasteiger partial charge >= 0.3 is 0 Å². The Labute approximate surface area is 164 Å². The average molecular weight is 408 g/mol. The minimum absolute atomic E-state index is 0.165.